The Bertz CT molecular complexity index is 617. The minimum Gasteiger partial charge on any atom is -0.437 e. The van der Waals surface area contributed by atoms with Crippen LogP contribution in [0, 0.1) is 0 Å². The number of hydrogen-bond acceptors (Lipinski definition) is 5. The summed E-state index contributed by atoms with van der Waals surface area (Å²) in [5.41, 5.74) is 0.824. The predicted octanol–water partition coefficient (Wildman–Crippen LogP) is 2.84. The Hall–Kier alpha value is -1.88. The third kappa shape index (κ3) is 3.24. The van der Waals surface area contributed by atoms with Gasteiger partial charge in [0, 0.05) is 30.7 Å². The van der Waals surface area contributed by atoms with Gasteiger partial charge in [-0.1, -0.05) is 0 Å². The highest BCUT2D eigenvalue weighted by Crippen LogP contribution is 2.36. The van der Waals surface area contributed by atoms with E-state index in [0.29, 0.717) is 16.9 Å². The summed E-state index contributed by atoms with van der Waals surface area (Å²) >= 11 is 0. The van der Waals surface area contributed by atoms with Gasteiger partial charge in [-0.3, -0.25) is 4.90 Å². The van der Waals surface area contributed by atoms with E-state index in [4.69, 9.17) is 9.47 Å². The van der Waals surface area contributed by atoms with Gasteiger partial charge in [0.25, 0.3) is 0 Å². The van der Waals surface area contributed by atoms with Crippen LogP contribution in [0.5, 0.6) is 0 Å². The van der Waals surface area contributed by atoms with Gasteiger partial charge in [0.1, 0.15) is 5.76 Å². The van der Waals surface area contributed by atoms with Crippen LogP contribution in [0.25, 0.3) is 0 Å². The SMILES string of the molecule is CC1=CC(=CCCCN2CCCCC23C=C(C)C(=O)O3)OC1=O. The number of esters is 2. The van der Waals surface area contributed by atoms with Gasteiger partial charge >= 0.3 is 11.9 Å². The molecule has 0 aromatic carbocycles. The van der Waals surface area contributed by atoms with Crippen molar-refractivity contribution in [2.75, 3.05) is 13.1 Å². The minimum absolute atomic E-state index is 0.197. The molecule has 124 valence electrons. The summed E-state index contributed by atoms with van der Waals surface area (Å²) in [7, 11) is 0. The molecule has 5 nitrogen and oxygen atoms in total. The molecule has 3 aliphatic rings. The number of unbranched alkanes of at least 4 members (excludes halogenated alkanes) is 1. The molecule has 1 atom stereocenters. The summed E-state index contributed by atoms with van der Waals surface area (Å²) in [5, 5.41) is 0. The second kappa shape index (κ2) is 6.32. The van der Waals surface area contributed by atoms with E-state index in [2.05, 4.69) is 4.90 Å². The number of carbonyl (C=O) groups excluding carboxylic acids is 2. The highest BCUT2D eigenvalue weighted by Gasteiger charge is 2.44. The molecule has 3 aliphatic heterocycles. The van der Waals surface area contributed by atoms with Gasteiger partial charge in [0.15, 0.2) is 5.72 Å². The zero-order valence-corrected chi connectivity index (χ0v) is 13.8. The maximum absolute atomic E-state index is 11.8. The molecule has 3 rings (SSSR count). The lowest BCUT2D eigenvalue weighted by Gasteiger charge is -2.42. The standard InChI is InChI=1S/C18H23NO4/c1-13-11-15(22-16(13)20)7-3-5-9-19-10-6-4-8-18(19)12-14(2)17(21)23-18/h7,11-12H,3-6,8-10H2,1-2H3. The molecular weight excluding hydrogens is 294 g/mol. The molecule has 0 N–H and O–H groups in total. The van der Waals surface area contributed by atoms with Crippen LogP contribution >= 0.6 is 0 Å². The lowest BCUT2D eigenvalue weighted by molar-refractivity contribution is -0.168. The second-order valence-electron chi connectivity index (χ2n) is 6.47. The number of ether oxygens (including phenoxy) is 2. The Balaban J connectivity index is 1.56. The quantitative estimate of drug-likeness (QED) is 0.589. The Labute approximate surface area is 136 Å². The monoisotopic (exact) mass is 317 g/mol. The Morgan fingerprint density at radius 2 is 2.04 bits per heavy atom. The van der Waals surface area contributed by atoms with Gasteiger partial charge in [0.2, 0.25) is 0 Å². The van der Waals surface area contributed by atoms with Gasteiger partial charge in [-0.05, 0) is 57.8 Å². The fourth-order valence-electron chi connectivity index (χ4n) is 3.39. The van der Waals surface area contributed by atoms with Gasteiger partial charge < -0.3 is 9.47 Å². The van der Waals surface area contributed by atoms with Crippen molar-refractivity contribution in [3.8, 4) is 0 Å². The third-order valence-corrected chi connectivity index (χ3v) is 4.65. The highest BCUT2D eigenvalue weighted by molar-refractivity contribution is 5.92. The van der Waals surface area contributed by atoms with Crippen molar-refractivity contribution in [3.63, 3.8) is 0 Å². The molecule has 1 unspecified atom stereocenters. The molecule has 0 amide bonds. The highest BCUT2D eigenvalue weighted by atomic mass is 16.6. The van der Waals surface area contributed by atoms with Crippen LogP contribution in [0.1, 0.15) is 46.0 Å². The van der Waals surface area contributed by atoms with Crippen molar-refractivity contribution in [2.24, 2.45) is 0 Å². The Kier molecular flexibility index (Phi) is 4.39. The lowest BCUT2D eigenvalue weighted by atomic mass is 9.97. The first-order valence-corrected chi connectivity index (χ1v) is 8.29. The van der Waals surface area contributed by atoms with Crippen LogP contribution in [0.4, 0.5) is 0 Å². The van der Waals surface area contributed by atoms with Crippen LogP contribution < -0.4 is 0 Å². The number of likely N-dealkylation sites (tertiary alicyclic amines) is 1. The van der Waals surface area contributed by atoms with E-state index >= 15 is 0 Å². The van der Waals surface area contributed by atoms with Crippen LogP contribution in [-0.4, -0.2) is 35.7 Å². The number of carbonyl (C=O) groups is 2. The molecule has 23 heavy (non-hydrogen) atoms. The first-order chi connectivity index (χ1) is 11.0. The largest absolute Gasteiger partial charge is 0.437 e. The first-order valence-electron chi connectivity index (χ1n) is 8.29. The molecule has 5 heteroatoms. The number of cyclic esters (lactones) is 1. The third-order valence-electron chi connectivity index (χ3n) is 4.65. The minimum atomic E-state index is -0.525. The Morgan fingerprint density at radius 3 is 2.70 bits per heavy atom. The fourth-order valence-corrected chi connectivity index (χ4v) is 3.39. The molecule has 1 saturated heterocycles. The molecule has 0 aliphatic carbocycles. The zero-order chi connectivity index (χ0) is 16.4. The smallest absolute Gasteiger partial charge is 0.339 e. The van der Waals surface area contributed by atoms with Gasteiger partial charge in [0.05, 0.1) is 0 Å². The average molecular weight is 317 g/mol. The molecule has 1 fully saturated rings. The number of hydrogen-bond donors (Lipinski definition) is 0. The van der Waals surface area contributed by atoms with Crippen molar-refractivity contribution in [2.45, 2.75) is 51.7 Å². The maximum Gasteiger partial charge on any atom is 0.339 e. The van der Waals surface area contributed by atoms with Crippen molar-refractivity contribution in [3.05, 3.63) is 35.1 Å². The number of piperidine rings is 1. The van der Waals surface area contributed by atoms with Gasteiger partial charge in [-0.25, -0.2) is 9.59 Å². The Morgan fingerprint density at radius 1 is 1.22 bits per heavy atom. The molecule has 0 aromatic rings. The fraction of sp³-hybridized carbons (Fsp3) is 0.556. The van der Waals surface area contributed by atoms with Crippen molar-refractivity contribution in [1.82, 2.24) is 4.90 Å². The summed E-state index contributed by atoms with van der Waals surface area (Å²) in [5.74, 6) is 0.186. The van der Waals surface area contributed by atoms with Gasteiger partial charge in [-0.2, -0.15) is 0 Å². The lowest BCUT2D eigenvalue weighted by Crippen LogP contribution is -2.51. The molecule has 0 radical (unpaired) electrons. The van der Waals surface area contributed by atoms with E-state index in [1.807, 2.05) is 19.1 Å². The summed E-state index contributed by atoms with van der Waals surface area (Å²) in [6.45, 7) is 5.38. The zero-order valence-electron chi connectivity index (χ0n) is 13.8. The van der Waals surface area contributed by atoms with Crippen LogP contribution in [0.15, 0.2) is 35.1 Å². The van der Waals surface area contributed by atoms with Gasteiger partial charge in [-0.15, -0.1) is 0 Å². The van der Waals surface area contributed by atoms with Crippen LogP contribution in [-0.2, 0) is 19.1 Å². The second-order valence-corrected chi connectivity index (χ2v) is 6.47. The van der Waals surface area contributed by atoms with E-state index in [0.717, 1.165) is 45.2 Å². The topological polar surface area (TPSA) is 55.8 Å². The van der Waals surface area contributed by atoms with Crippen LogP contribution in [0.3, 0.4) is 0 Å². The molecular formula is C18H23NO4. The normalized spacial score (nSPS) is 29.7. The molecule has 1 spiro atoms. The average Bonchev–Trinajstić information content (AvgIpc) is 2.97. The summed E-state index contributed by atoms with van der Waals surface area (Å²) in [4.78, 5) is 25.3. The summed E-state index contributed by atoms with van der Waals surface area (Å²) in [6.07, 6.45) is 10.6. The van der Waals surface area contributed by atoms with E-state index < -0.39 is 5.72 Å². The van der Waals surface area contributed by atoms with E-state index in [1.54, 1.807) is 13.0 Å². The molecule has 0 saturated carbocycles. The number of allylic oxidation sites excluding steroid dienone is 2. The first kappa shape index (κ1) is 16.0. The molecule has 0 bridgehead atoms. The summed E-state index contributed by atoms with van der Waals surface area (Å²) in [6, 6.07) is 0. The van der Waals surface area contributed by atoms with Crippen molar-refractivity contribution in [1.29, 1.82) is 0 Å². The van der Waals surface area contributed by atoms with E-state index in [-0.39, 0.29) is 11.9 Å². The number of nitrogens with zero attached hydrogens (tertiary/aromatic N) is 1. The summed E-state index contributed by atoms with van der Waals surface area (Å²) < 4.78 is 10.8. The van der Waals surface area contributed by atoms with E-state index in [1.165, 1.54) is 0 Å². The molecule has 3 heterocycles. The van der Waals surface area contributed by atoms with Crippen molar-refractivity contribution >= 4 is 11.9 Å². The predicted molar refractivity (Wildman–Crippen MR) is 85.2 cm³/mol. The number of rotatable bonds is 4. The molecule has 0 aromatic heterocycles. The van der Waals surface area contributed by atoms with Crippen molar-refractivity contribution < 1.29 is 19.1 Å². The maximum atomic E-state index is 11.8. The van der Waals surface area contributed by atoms with Crippen LogP contribution in [0.2, 0.25) is 0 Å². The van der Waals surface area contributed by atoms with E-state index in [9.17, 15) is 9.59 Å².